The predicted octanol–water partition coefficient (Wildman–Crippen LogP) is 5.29. The molecular formula is C32H26ClN3O4S. The second-order valence-electron chi connectivity index (χ2n) is 9.68. The Morgan fingerprint density at radius 3 is 2.56 bits per heavy atom. The quantitative estimate of drug-likeness (QED) is 0.276. The van der Waals surface area contributed by atoms with Crippen molar-refractivity contribution in [3.63, 3.8) is 0 Å². The van der Waals surface area contributed by atoms with E-state index in [-0.39, 0.29) is 18.3 Å². The first kappa shape index (κ1) is 28.1. The third kappa shape index (κ3) is 5.87. The van der Waals surface area contributed by atoms with Crippen molar-refractivity contribution in [2.45, 2.75) is 39.5 Å². The van der Waals surface area contributed by atoms with Crippen molar-refractivity contribution < 1.29 is 14.3 Å². The minimum Gasteiger partial charge on any atom is -0.488 e. The number of rotatable bonds is 7. The maximum absolute atomic E-state index is 13.9. The molecule has 2 heterocycles. The summed E-state index contributed by atoms with van der Waals surface area (Å²) < 4.78 is 13.6. The maximum atomic E-state index is 13.9. The Balaban J connectivity index is 1.59. The van der Waals surface area contributed by atoms with Crippen LogP contribution in [0.1, 0.15) is 49.1 Å². The van der Waals surface area contributed by atoms with Crippen LogP contribution >= 0.6 is 22.9 Å². The van der Waals surface area contributed by atoms with Crippen LogP contribution in [-0.2, 0) is 16.1 Å². The second-order valence-corrected chi connectivity index (χ2v) is 11.1. The van der Waals surface area contributed by atoms with Crippen LogP contribution in [0.3, 0.4) is 0 Å². The molecule has 3 aromatic carbocycles. The van der Waals surface area contributed by atoms with Gasteiger partial charge in [-0.1, -0.05) is 71.5 Å². The zero-order chi connectivity index (χ0) is 29.1. The smallest absolute Gasteiger partial charge is 0.338 e. The number of allylic oxidation sites excluding steroid dienone is 1. The molecule has 0 saturated carbocycles. The highest BCUT2D eigenvalue weighted by Crippen LogP contribution is 2.31. The van der Waals surface area contributed by atoms with Gasteiger partial charge in [0.1, 0.15) is 12.4 Å². The molecule has 7 nitrogen and oxygen atoms in total. The number of benzene rings is 3. The van der Waals surface area contributed by atoms with E-state index in [1.165, 1.54) is 15.9 Å². The van der Waals surface area contributed by atoms with Gasteiger partial charge in [0, 0.05) is 16.1 Å². The number of aromatic nitrogens is 1. The number of halogens is 1. The Kier molecular flexibility index (Phi) is 8.20. The summed E-state index contributed by atoms with van der Waals surface area (Å²) in [4.78, 5) is 32.3. The lowest BCUT2D eigenvalue weighted by molar-refractivity contribution is -0.143. The van der Waals surface area contributed by atoms with Crippen molar-refractivity contribution >= 4 is 35.0 Å². The molecule has 0 bridgehead atoms. The van der Waals surface area contributed by atoms with Crippen LogP contribution in [0.25, 0.3) is 6.08 Å². The number of fused-ring (bicyclic) bond motifs is 1. The molecule has 0 fully saturated rings. The maximum Gasteiger partial charge on any atom is 0.338 e. The monoisotopic (exact) mass is 583 g/mol. The number of nitrogens with zero attached hydrogens (tertiary/aromatic N) is 3. The van der Waals surface area contributed by atoms with E-state index in [0.717, 1.165) is 5.56 Å². The van der Waals surface area contributed by atoms with Crippen molar-refractivity contribution in [2.24, 2.45) is 4.99 Å². The summed E-state index contributed by atoms with van der Waals surface area (Å²) in [5.74, 6) is 0.0459. The number of carbonyl (C=O) groups is 1. The van der Waals surface area contributed by atoms with E-state index in [4.69, 9.17) is 21.1 Å². The summed E-state index contributed by atoms with van der Waals surface area (Å²) in [6, 6.07) is 23.2. The number of carbonyl (C=O) groups excluding carboxylic acids is 1. The van der Waals surface area contributed by atoms with Gasteiger partial charge in [-0.25, -0.2) is 9.79 Å². The lowest BCUT2D eigenvalue weighted by Crippen LogP contribution is -2.40. The Morgan fingerprint density at radius 1 is 1.12 bits per heavy atom. The van der Waals surface area contributed by atoms with E-state index in [0.29, 0.717) is 48.1 Å². The fourth-order valence-electron chi connectivity index (χ4n) is 4.60. The van der Waals surface area contributed by atoms with Gasteiger partial charge in [-0.15, -0.1) is 0 Å². The van der Waals surface area contributed by atoms with Gasteiger partial charge < -0.3 is 9.47 Å². The number of thiazole rings is 1. The zero-order valence-corrected chi connectivity index (χ0v) is 24.2. The molecule has 41 heavy (non-hydrogen) atoms. The molecule has 0 unspecified atom stereocenters. The average Bonchev–Trinajstić information content (AvgIpc) is 3.26. The third-order valence-corrected chi connectivity index (χ3v) is 7.73. The highest BCUT2D eigenvalue weighted by molar-refractivity contribution is 7.07. The molecule has 5 rings (SSSR count). The summed E-state index contributed by atoms with van der Waals surface area (Å²) in [7, 11) is 0. The van der Waals surface area contributed by atoms with E-state index >= 15 is 0 Å². The number of nitriles is 1. The number of esters is 1. The lowest BCUT2D eigenvalue weighted by Gasteiger charge is -2.25. The Hall–Kier alpha value is -4.45. The molecule has 0 spiro atoms. The third-order valence-electron chi connectivity index (χ3n) is 6.50. The Morgan fingerprint density at radius 2 is 1.83 bits per heavy atom. The molecule has 0 saturated heterocycles. The highest BCUT2D eigenvalue weighted by Gasteiger charge is 2.33. The van der Waals surface area contributed by atoms with Crippen LogP contribution in [0.2, 0.25) is 5.02 Å². The Labute approximate surface area is 245 Å². The molecule has 4 aromatic rings. The second kappa shape index (κ2) is 12.0. The molecule has 0 amide bonds. The summed E-state index contributed by atoms with van der Waals surface area (Å²) >= 11 is 7.38. The van der Waals surface area contributed by atoms with Gasteiger partial charge in [0.25, 0.3) is 5.56 Å². The van der Waals surface area contributed by atoms with Crippen LogP contribution in [-0.4, -0.2) is 16.6 Å². The van der Waals surface area contributed by atoms with E-state index < -0.39 is 12.0 Å². The topological polar surface area (TPSA) is 93.7 Å². The molecule has 0 aliphatic carbocycles. The summed E-state index contributed by atoms with van der Waals surface area (Å²) in [6.45, 7) is 5.50. The molecule has 0 N–H and O–H groups in total. The standard InChI is InChI=1S/C32H26ClN3O4S/c1-19(2)40-31(38)28-20(3)35-32-36(29(28)21-12-14-25(33)15-13-21)30(37)27(41-32)16-22-8-6-7-11-26(22)39-18-24-10-5-4-9-23(24)17-34/h4-16,19,29H,18H2,1-3H3/b27-16-/t29-/m0/s1. The van der Waals surface area contributed by atoms with Gasteiger partial charge in [0.05, 0.1) is 39.6 Å². The van der Waals surface area contributed by atoms with E-state index in [2.05, 4.69) is 11.1 Å². The van der Waals surface area contributed by atoms with E-state index in [1.54, 1.807) is 57.2 Å². The average molecular weight is 584 g/mol. The van der Waals surface area contributed by atoms with Crippen LogP contribution in [0.5, 0.6) is 5.75 Å². The van der Waals surface area contributed by atoms with Crippen molar-refractivity contribution in [1.82, 2.24) is 4.57 Å². The van der Waals surface area contributed by atoms with Gasteiger partial charge in [-0.3, -0.25) is 9.36 Å². The molecule has 1 aromatic heterocycles. The summed E-state index contributed by atoms with van der Waals surface area (Å²) in [5.41, 5.74) is 3.23. The molecular weight excluding hydrogens is 558 g/mol. The molecule has 1 aliphatic heterocycles. The van der Waals surface area contributed by atoms with Gasteiger partial charge in [-0.2, -0.15) is 5.26 Å². The number of hydrogen-bond acceptors (Lipinski definition) is 7. The normalized spacial score (nSPS) is 14.8. The van der Waals surface area contributed by atoms with Crippen molar-refractivity contribution in [3.05, 3.63) is 131 Å². The number of hydrogen-bond donors (Lipinski definition) is 0. The van der Waals surface area contributed by atoms with Crippen LogP contribution in [0.4, 0.5) is 0 Å². The SMILES string of the molecule is CC1=C(C(=O)OC(C)C)[C@H](c2ccc(Cl)cc2)n2c(s/c(=C\c3ccccc3OCc3ccccc3C#N)c2=O)=N1. The first-order valence-corrected chi connectivity index (χ1v) is 14.1. The van der Waals surface area contributed by atoms with E-state index in [9.17, 15) is 14.9 Å². The van der Waals surface area contributed by atoms with Crippen molar-refractivity contribution in [1.29, 1.82) is 5.26 Å². The molecule has 206 valence electrons. The number of para-hydroxylation sites is 1. The van der Waals surface area contributed by atoms with Crippen molar-refractivity contribution in [2.75, 3.05) is 0 Å². The Bertz CT molecular complexity index is 1880. The fourth-order valence-corrected chi connectivity index (χ4v) is 5.77. The summed E-state index contributed by atoms with van der Waals surface area (Å²) in [6.07, 6.45) is 1.43. The summed E-state index contributed by atoms with van der Waals surface area (Å²) in [5, 5.41) is 9.96. The lowest BCUT2D eigenvalue weighted by atomic mass is 9.96. The van der Waals surface area contributed by atoms with Gasteiger partial charge in [0.15, 0.2) is 4.80 Å². The van der Waals surface area contributed by atoms with E-state index in [1.807, 2.05) is 42.5 Å². The largest absolute Gasteiger partial charge is 0.488 e. The first-order valence-electron chi connectivity index (χ1n) is 13.0. The van der Waals surface area contributed by atoms with Crippen LogP contribution < -0.4 is 19.6 Å². The molecule has 9 heteroatoms. The predicted molar refractivity (Wildman–Crippen MR) is 158 cm³/mol. The van der Waals surface area contributed by atoms with Crippen LogP contribution in [0, 0.1) is 11.3 Å². The molecule has 0 radical (unpaired) electrons. The minimum atomic E-state index is -0.731. The van der Waals surface area contributed by atoms with Crippen molar-refractivity contribution in [3.8, 4) is 11.8 Å². The first-order chi connectivity index (χ1) is 19.8. The van der Waals surface area contributed by atoms with Gasteiger partial charge >= 0.3 is 5.97 Å². The van der Waals surface area contributed by atoms with Gasteiger partial charge in [0.2, 0.25) is 0 Å². The molecule has 1 atom stereocenters. The highest BCUT2D eigenvalue weighted by atomic mass is 35.5. The number of ether oxygens (including phenoxy) is 2. The van der Waals surface area contributed by atoms with Gasteiger partial charge in [-0.05, 0) is 56.7 Å². The fraction of sp³-hybridized carbons (Fsp3) is 0.188. The van der Waals surface area contributed by atoms with Crippen LogP contribution in [0.15, 0.2) is 93.9 Å². The zero-order valence-electron chi connectivity index (χ0n) is 22.6. The minimum absolute atomic E-state index is 0.201. The molecule has 1 aliphatic rings.